The quantitative estimate of drug-likeness (QED) is 0.648. The second kappa shape index (κ2) is 12.1. The van der Waals surface area contributed by atoms with E-state index < -0.39 is 5.97 Å². The van der Waals surface area contributed by atoms with Gasteiger partial charge < -0.3 is 14.7 Å². The summed E-state index contributed by atoms with van der Waals surface area (Å²) < 4.78 is 6.47. The topological polar surface area (TPSA) is 62.7 Å². The van der Waals surface area contributed by atoms with Crippen molar-refractivity contribution in [1.82, 2.24) is 9.88 Å². The largest absolute Gasteiger partial charge is 0.481 e. The maximum Gasteiger partial charge on any atom is 0.303 e. The molecule has 1 aromatic carbocycles. The third-order valence-corrected chi connectivity index (χ3v) is 5.11. The van der Waals surface area contributed by atoms with E-state index in [0.717, 1.165) is 43.7 Å². The van der Waals surface area contributed by atoms with Gasteiger partial charge in [0.05, 0.1) is 11.8 Å². The standard InChI is InChI=1S/C21H25ClN2O3.Ca/c22-17-8-6-16(7-9-17)21(19-4-1-2-12-23-19)27-18-10-14-24(15-11-18)13-3-5-20(25)26;/h1-2,4,6-9,12,18,21H,3,5,10-11,13-15H2,(H,25,26);/t21-;/m0./s1. The van der Waals surface area contributed by atoms with Crippen LogP contribution in [0, 0.1) is 0 Å². The SMILES string of the molecule is O=C(O)CCCN1CCC(O[C@@H](c2ccc(Cl)cc2)c2ccccn2)CC1.[Ca]. The summed E-state index contributed by atoms with van der Waals surface area (Å²) in [5.41, 5.74) is 1.94. The van der Waals surface area contributed by atoms with Gasteiger partial charge in [-0.15, -0.1) is 0 Å². The van der Waals surface area contributed by atoms with Crippen LogP contribution in [0.2, 0.25) is 5.02 Å². The van der Waals surface area contributed by atoms with Gasteiger partial charge in [-0.1, -0.05) is 29.8 Å². The molecule has 2 aromatic rings. The summed E-state index contributed by atoms with van der Waals surface area (Å²) in [7, 11) is 0. The Balaban J connectivity index is 0.00000280. The van der Waals surface area contributed by atoms with Crippen LogP contribution in [0.1, 0.15) is 43.0 Å². The van der Waals surface area contributed by atoms with Gasteiger partial charge in [-0.2, -0.15) is 0 Å². The van der Waals surface area contributed by atoms with Gasteiger partial charge in [-0.05, 0) is 55.6 Å². The number of halogens is 1. The Hall–Kier alpha value is -0.690. The number of piperidine rings is 1. The Morgan fingerprint density at radius 2 is 1.93 bits per heavy atom. The van der Waals surface area contributed by atoms with E-state index in [1.54, 1.807) is 6.20 Å². The van der Waals surface area contributed by atoms with Crippen LogP contribution >= 0.6 is 11.6 Å². The number of nitrogens with zero attached hydrogens (tertiary/aromatic N) is 2. The van der Waals surface area contributed by atoms with Crippen molar-refractivity contribution in [3.63, 3.8) is 0 Å². The number of likely N-dealkylation sites (tertiary alicyclic amines) is 1. The Morgan fingerprint density at radius 3 is 2.54 bits per heavy atom. The van der Waals surface area contributed by atoms with Crippen LogP contribution in [0.3, 0.4) is 0 Å². The average Bonchev–Trinajstić information content (AvgIpc) is 2.68. The zero-order valence-corrected chi connectivity index (χ0v) is 18.9. The molecule has 1 fully saturated rings. The number of pyridine rings is 1. The summed E-state index contributed by atoms with van der Waals surface area (Å²) in [6, 6.07) is 13.6. The molecule has 0 bridgehead atoms. The number of hydrogen-bond acceptors (Lipinski definition) is 4. The molecular formula is C21H25CaClN2O3. The van der Waals surface area contributed by atoms with Crippen molar-refractivity contribution in [2.24, 2.45) is 0 Å². The number of aliphatic carboxylic acids is 1. The molecule has 0 aliphatic carbocycles. The van der Waals surface area contributed by atoms with E-state index in [9.17, 15) is 4.79 Å². The van der Waals surface area contributed by atoms with Crippen molar-refractivity contribution in [3.8, 4) is 0 Å². The molecule has 28 heavy (non-hydrogen) atoms. The van der Waals surface area contributed by atoms with Crippen molar-refractivity contribution >= 4 is 55.3 Å². The monoisotopic (exact) mass is 428 g/mol. The van der Waals surface area contributed by atoms with Crippen molar-refractivity contribution in [3.05, 3.63) is 64.9 Å². The van der Waals surface area contributed by atoms with Gasteiger partial charge in [-0.25, -0.2) is 0 Å². The summed E-state index contributed by atoms with van der Waals surface area (Å²) in [6.07, 6.45) is 4.52. The van der Waals surface area contributed by atoms with Gasteiger partial charge in [0.1, 0.15) is 6.10 Å². The molecule has 0 unspecified atom stereocenters. The van der Waals surface area contributed by atoms with Gasteiger partial charge in [-0.3, -0.25) is 9.78 Å². The van der Waals surface area contributed by atoms with Crippen LogP contribution in [0.4, 0.5) is 0 Å². The predicted molar refractivity (Wildman–Crippen MR) is 111 cm³/mol. The molecule has 0 spiro atoms. The van der Waals surface area contributed by atoms with Gasteiger partial charge in [0.2, 0.25) is 0 Å². The van der Waals surface area contributed by atoms with E-state index in [1.165, 1.54) is 0 Å². The maximum atomic E-state index is 10.7. The van der Waals surface area contributed by atoms with Crippen LogP contribution in [0.5, 0.6) is 0 Å². The number of hydrogen-bond donors (Lipinski definition) is 1. The molecule has 2 heterocycles. The van der Waals surface area contributed by atoms with Gasteiger partial charge in [0.15, 0.2) is 0 Å². The van der Waals surface area contributed by atoms with Crippen LogP contribution in [0.15, 0.2) is 48.7 Å². The van der Waals surface area contributed by atoms with Crippen molar-refractivity contribution in [1.29, 1.82) is 0 Å². The van der Waals surface area contributed by atoms with Crippen LogP contribution in [-0.2, 0) is 9.53 Å². The average molecular weight is 429 g/mol. The van der Waals surface area contributed by atoms with E-state index in [2.05, 4.69) is 9.88 Å². The third-order valence-electron chi connectivity index (χ3n) is 4.86. The zero-order valence-electron chi connectivity index (χ0n) is 16.0. The molecule has 1 saturated heterocycles. The molecule has 1 aromatic heterocycles. The van der Waals surface area contributed by atoms with Crippen LogP contribution in [-0.4, -0.2) is 84.4 Å². The minimum Gasteiger partial charge on any atom is -0.481 e. The normalized spacial score (nSPS) is 16.3. The minimum atomic E-state index is -0.727. The molecule has 0 saturated carbocycles. The first kappa shape index (κ1) is 23.6. The fraction of sp³-hybridized carbons (Fsp3) is 0.429. The van der Waals surface area contributed by atoms with Gasteiger partial charge >= 0.3 is 5.97 Å². The first-order chi connectivity index (χ1) is 13.1. The molecule has 7 heteroatoms. The molecule has 1 atom stereocenters. The molecule has 0 amide bonds. The second-order valence-corrected chi connectivity index (χ2v) is 7.30. The van der Waals surface area contributed by atoms with Crippen LogP contribution < -0.4 is 0 Å². The number of rotatable bonds is 8. The molecule has 2 radical (unpaired) electrons. The first-order valence-electron chi connectivity index (χ1n) is 9.38. The fourth-order valence-electron chi connectivity index (χ4n) is 3.40. The third kappa shape index (κ3) is 7.29. The number of ether oxygens (including phenoxy) is 1. The number of aromatic nitrogens is 1. The molecule has 1 N–H and O–H groups in total. The number of benzene rings is 1. The van der Waals surface area contributed by atoms with E-state index in [-0.39, 0.29) is 56.4 Å². The maximum absolute atomic E-state index is 10.7. The Kier molecular flexibility index (Phi) is 10.2. The van der Waals surface area contributed by atoms with Crippen molar-refractivity contribution in [2.75, 3.05) is 19.6 Å². The number of carboxylic acids is 1. The summed E-state index contributed by atoms with van der Waals surface area (Å²) in [4.78, 5) is 17.5. The Labute approximate surface area is 201 Å². The second-order valence-electron chi connectivity index (χ2n) is 6.86. The molecular weight excluding hydrogens is 404 g/mol. The molecule has 1 aliphatic heterocycles. The molecule has 3 rings (SSSR count). The number of carboxylic acid groups (broad SMARTS) is 1. The Bertz CT molecular complexity index is 722. The van der Waals surface area contributed by atoms with E-state index in [0.29, 0.717) is 11.4 Å². The van der Waals surface area contributed by atoms with E-state index in [4.69, 9.17) is 21.4 Å². The molecule has 1 aliphatic rings. The molecule has 146 valence electrons. The van der Waals surface area contributed by atoms with Crippen LogP contribution in [0.25, 0.3) is 0 Å². The van der Waals surface area contributed by atoms with Crippen molar-refractivity contribution in [2.45, 2.75) is 37.9 Å². The summed E-state index contributed by atoms with van der Waals surface area (Å²) in [5, 5.41) is 9.47. The summed E-state index contributed by atoms with van der Waals surface area (Å²) in [5.74, 6) is -0.727. The smallest absolute Gasteiger partial charge is 0.303 e. The van der Waals surface area contributed by atoms with E-state index >= 15 is 0 Å². The van der Waals surface area contributed by atoms with Gasteiger partial charge in [0, 0.05) is 68.5 Å². The predicted octanol–water partition coefficient (Wildman–Crippen LogP) is 3.79. The molecule has 5 nitrogen and oxygen atoms in total. The first-order valence-corrected chi connectivity index (χ1v) is 9.75. The minimum absolute atomic E-state index is 0. The van der Waals surface area contributed by atoms with Gasteiger partial charge in [0.25, 0.3) is 0 Å². The summed E-state index contributed by atoms with van der Waals surface area (Å²) in [6.45, 7) is 2.69. The van der Waals surface area contributed by atoms with Crippen molar-refractivity contribution < 1.29 is 14.6 Å². The summed E-state index contributed by atoms with van der Waals surface area (Å²) >= 11 is 6.03. The fourth-order valence-corrected chi connectivity index (χ4v) is 3.53. The number of carbonyl (C=O) groups is 1. The zero-order chi connectivity index (χ0) is 19.1. The van der Waals surface area contributed by atoms with E-state index in [1.807, 2.05) is 42.5 Å². The Morgan fingerprint density at radius 1 is 1.21 bits per heavy atom.